The van der Waals surface area contributed by atoms with E-state index in [2.05, 4.69) is 5.32 Å². The van der Waals surface area contributed by atoms with Crippen molar-refractivity contribution in [3.63, 3.8) is 0 Å². The van der Waals surface area contributed by atoms with Crippen LogP contribution in [0.3, 0.4) is 0 Å². The van der Waals surface area contributed by atoms with Crippen LogP contribution in [0, 0.1) is 0 Å². The summed E-state index contributed by atoms with van der Waals surface area (Å²) in [5.74, 6) is -2.81. The molecule has 1 aromatic rings. The molecule has 2 amide bonds. The number of anilines is 1. The van der Waals surface area contributed by atoms with E-state index in [0.717, 1.165) is 0 Å². The number of benzene rings is 1. The molecule has 2 rings (SSSR count). The molecule has 1 atom stereocenters. The van der Waals surface area contributed by atoms with Crippen molar-refractivity contribution in [3.8, 4) is 0 Å². The van der Waals surface area contributed by atoms with Crippen molar-refractivity contribution >= 4 is 23.3 Å². The molecule has 1 unspecified atom stereocenters. The van der Waals surface area contributed by atoms with Gasteiger partial charge in [-0.05, 0) is 44.0 Å². The summed E-state index contributed by atoms with van der Waals surface area (Å²) in [4.78, 5) is 35.2. The van der Waals surface area contributed by atoms with Gasteiger partial charge in [-0.15, -0.1) is 0 Å². The zero-order chi connectivity index (χ0) is 17.2. The molecular weight excluding hydrogens is 313 g/mol. The van der Waals surface area contributed by atoms with Crippen LogP contribution in [-0.4, -0.2) is 41.3 Å². The Labute approximate surface area is 130 Å². The van der Waals surface area contributed by atoms with Gasteiger partial charge in [0.2, 0.25) is 5.91 Å². The molecule has 1 N–H and O–H groups in total. The summed E-state index contributed by atoms with van der Waals surface area (Å²) in [6, 6.07) is 4.84. The minimum absolute atomic E-state index is 0.0975. The van der Waals surface area contributed by atoms with Crippen molar-refractivity contribution in [2.45, 2.75) is 32.0 Å². The topological polar surface area (TPSA) is 66.5 Å². The van der Waals surface area contributed by atoms with E-state index in [1.54, 1.807) is 0 Å². The Bertz CT molecular complexity index is 626. The number of likely N-dealkylation sites (tertiary alicyclic amines) is 1. The van der Waals surface area contributed by atoms with Crippen molar-refractivity contribution in [1.29, 1.82) is 0 Å². The smallest absolute Gasteiger partial charge is 0.324 e. The molecule has 8 heteroatoms. The highest BCUT2D eigenvalue weighted by Crippen LogP contribution is 2.26. The van der Waals surface area contributed by atoms with E-state index < -0.39 is 24.0 Å². The molecule has 5 nitrogen and oxygen atoms in total. The maximum Gasteiger partial charge on any atom is 0.471 e. The number of amides is 2. The first-order valence-corrected chi connectivity index (χ1v) is 7.00. The minimum Gasteiger partial charge on any atom is -0.324 e. The highest BCUT2D eigenvalue weighted by atomic mass is 19.4. The third-order valence-corrected chi connectivity index (χ3v) is 3.62. The van der Waals surface area contributed by atoms with E-state index in [1.807, 2.05) is 0 Å². The SMILES string of the molecule is CC(=O)c1ccc(NC(=O)C2CCCN2C(=O)C(F)(F)F)cc1. The van der Waals surface area contributed by atoms with Gasteiger partial charge in [0.15, 0.2) is 5.78 Å². The van der Waals surface area contributed by atoms with Crippen molar-refractivity contribution in [2.75, 3.05) is 11.9 Å². The fourth-order valence-corrected chi connectivity index (χ4v) is 2.46. The lowest BCUT2D eigenvalue weighted by Crippen LogP contribution is -2.48. The van der Waals surface area contributed by atoms with E-state index in [1.165, 1.54) is 31.2 Å². The van der Waals surface area contributed by atoms with Gasteiger partial charge >= 0.3 is 12.1 Å². The molecule has 124 valence electrons. The summed E-state index contributed by atoms with van der Waals surface area (Å²) in [7, 11) is 0. The summed E-state index contributed by atoms with van der Waals surface area (Å²) in [6.07, 6.45) is -4.48. The second kappa shape index (κ2) is 6.39. The van der Waals surface area contributed by atoms with Crippen molar-refractivity contribution in [3.05, 3.63) is 29.8 Å². The molecule has 0 bridgehead atoms. The Morgan fingerprint density at radius 3 is 2.30 bits per heavy atom. The maximum absolute atomic E-state index is 12.5. The van der Waals surface area contributed by atoms with Gasteiger partial charge in [-0.3, -0.25) is 14.4 Å². The van der Waals surface area contributed by atoms with Crippen LogP contribution < -0.4 is 5.32 Å². The summed E-state index contributed by atoms with van der Waals surface area (Å²) in [5.41, 5.74) is 0.809. The number of hydrogen-bond acceptors (Lipinski definition) is 3. The van der Waals surface area contributed by atoms with E-state index >= 15 is 0 Å². The minimum atomic E-state index is -4.99. The number of Topliss-reactive ketones (excluding diaryl/α,β-unsaturated/α-hetero) is 1. The third-order valence-electron chi connectivity index (χ3n) is 3.62. The monoisotopic (exact) mass is 328 g/mol. The van der Waals surface area contributed by atoms with Gasteiger partial charge in [0, 0.05) is 17.8 Å². The van der Waals surface area contributed by atoms with Gasteiger partial charge in [0.1, 0.15) is 6.04 Å². The first kappa shape index (κ1) is 17.0. The van der Waals surface area contributed by atoms with Crippen LogP contribution in [0.25, 0.3) is 0 Å². The summed E-state index contributed by atoms with van der Waals surface area (Å²) in [6.45, 7) is 1.30. The van der Waals surface area contributed by atoms with Gasteiger partial charge in [-0.2, -0.15) is 13.2 Å². The molecule has 23 heavy (non-hydrogen) atoms. The van der Waals surface area contributed by atoms with Crippen LogP contribution in [0.2, 0.25) is 0 Å². The van der Waals surface area contributed by atoms with Crippen molar-refractivity contribution in [2.24, 2.45) is 0 Å². The molecular formula is C15H15F3N2O3. The number of halogens is 3. The van der Waals surface area contributed by atoms with Crippen LogP contribution in [0.15, 0.2) is 24.3 Å². The van der Waals surface area contributed by atoms with E-state index in [9.17, 15) is 27.6 Å². The van der Waals surface area contributed by atoms with E-state index in [-0.39, 0.29) is 18.7 Å². The molecule has 1 saturated heterocycles. The van der Waals surface area contributed by atoms with Crippen LogP contribution in [0.4, 0.5) is 18.9 Å². The molecule has 1 aromatic carbocycles. The van der Waals surface area contributed by atoms with Crippen LogP contribution in [-0.2, 0) is 9.59 Å². The van der Waals surface area contributed by atoms with Gasteiger partial charge in [-0.1, -0.05) is 0 Å². The van der Waals surface area contributed by atoms with Gasteiger partial charge in [0.25, 0.3) is 0 Å². The summed E-state index contributed by atoms with van der Waals surface area (Å²) in [5, 5.41) is 2.47. The Kier molecular flexibility index (Phi) is 4.72. The standard InChI is InChI=1S/C15H15F3N2O3/c1-9(21)10-4-6-11(7-5-10)19-13(22)12-3-2-8-20(12)14(23)15(16,17)18/h4-7,12H,2-3,8H2,1H3,(H,19,22). The Morgan fingerprint density at radius 2 is 1.78 bits per heavy atom. The first-order valence-electron chi connectivity index (χ1n) is 7.00. The third kappa shape index (κ3) is 3.88. The Morgan fingerprint density at radius 1 is 1.17 bits per heavy atom. The number of carbonyl (C=O) groups is 3. The first-order chi connectivity index (χ1) is 10.7. The number of nitrogens with zero attached hydrogens (tertiary/aromatic N) is 1. The van der Waals surface area contributed by atoms with Gasteiger partial charge < -0.3 is 10.2 Å². The lowest BCUT2D eigenvalue weighted by Gasteiger charge is -2.24. The molecule has 1 fully saturated rings. The maximum atomic E-state index is 12.5. The van der Waals surface area contributed by atoms with Crippen molar-refractivity contribution < 1.29 is 27.6 Å². The molecule has 0 spiro atoms. The summed E-state index contributed by atoms with van der Waals surface area (Å²) < 4.78 is 37.6. The molecule has 0 radical (unpaired) electrons. The highest BCUT2D eigenvalue weighted by Gasteiger charge is 2.47. The fourth-order valence-electron chi connectivity index (χ4n) is 2.46. The predicted octanol–water partition coefficient (Wildman–Crippen LogP) is 2.38. The fraction of sp³-hybridized carbons (Fsp3) is 0.400. The largest absolute Gasteiger partial charge is 0.471 e. The average molecular weight is 328 g/mol. The molecule has 0 aliphatic carbocycles. The Hall–Kier alpha value is -2.38. The van der Waals surface area contributed by atoms with Gasteiger partial charge in [0.05, 0.1) is 0 Å². The second-order valence-electron chi connectivity index (χ2n) is 5.28. The van der Waals surface area contributed by atoms with Crippen LogP contribution >= 0.6 is 0 Å². The zero-order valence-electron chi connectivity index (χ0n) is 12.3. The van der Waals surface area contributed by atoms with Gasteiger partial charge in [-0.25, -0.2) is 0 Å². The number of rotatable bonds is 3. The van der Waals surface area contributed by atoms with Crippen LogP contribution in [0.1, 0.15) is 30.1 Å². The number of hydrogen-bond donors (Lipinski definition) is 1. The van der Waals surface area contributed by atoms with E-state index in [0.29, 0.717) is 22.6 Å². The number of carbonyl (C=O) groups excluding carboxylic acids is 3. The molecule has 0 saturated carbocycles. The second-order valence-corrected chi connectivity index (χ2v) is 5.28. The number of alkyl halides is 3. The predicted molar refractivity (Wildman–Crippen MR) is 75.9 cm³/mol. The van der Waals surface area contributed by atoms with Crippen molar-refractivity contribution in [1.82, 2.24) is 4.90 Å². The average Bonchev–Trinajstić information content (AvgIpc) is 2.95. The Balaban J connectivity index is 2.07. The highest BCUT2D eigenvalue weighted by molar-refractivity contribution is 5.99. The molecule has 1 aliphatic heterocycles. The lowest BCUT2D eigenvalue weighted by atomic mass is 10.1. The van der Waals surface area contributed by atoms with E-state index in [4.69, 9.17) is 0 Å². The molecule has 1 aliphatic rings. The normalized spacial score (nSPS) is 17.9. The zero-order valence-corrected chi connectivity index (χ0v) is 12.3. The number of ketones is 1. The number of nitrogens with one attached hydrogen (secondary N) is 1. The van der Waals surface area contributed by atoms with Crippen LogP contribution in [0.5, 0.6) is 0 Å². The lowest BCUT2D eigenvalue weighted by molar-refractivity contribution is -0.186. The summed E-state index contributed by atoms with van der Waals surface area (Å²) >= 11 is 0. The molecule has 0 aromatic heterocycles. The quantitative estimate of drug-likeness (QED) is 0.867. The molecule has 1 heterocycles.